The van der Waals surface area contributed by atoms with Crippen molar-refractivity contribution in [2.45, 2.75) is 6.92 Å². The van der Waals surface area contributed by atoms with E-state index in [2.05, 4.69) is 10.5 Å². The number of benzene rings is 1. The van der Waals surface area contributed by atoms with Crippen LogP contribution in [0.15, 0.2) is 46.9 Å². The van der Waals surface area contributed by atoms with Crippen molar-refractivity contribution >= 4 is 29.4 Å². The molecule has 23 heavy (non-hydrogen) atoms. The summed E-state index contributed by atoms with van der Waals surface area (Å²) < 4.78 is 10.0. The van der Waals surface area contributed by atoms with Crippen LogP contribution in [0.4, 0.5) is 0 Å². The zero-order valence-corrected chi connectivity index (χ0v) is 13.3. The number of carbonyl (C=O) groups is 2. The lowest BCUT2D eigenvalue weighted by Crippen LogP contribution is -2.16. The minimum absolute atomic E-state index is 0.127. The molecule has 2 aromatic rings. The number of hydrogen-bond acceptors (Lipinski definition) is 6. The Labute approximate surface area is 137 Å². The van der Waals surface area contributed by atoms with Crippen molar-refractivity contribution in [1.82, 2.24) is 5.43 Å². The fraction of sp³-hybridized carbons (Fsp3) is 0.188. The van der Waals surface area contributed by atoms with Gasteiger partial charge in [-0.2, -0.15) is 5.10 Å². The molecule has 0 spiro atoms. The predicted octanol–water partition coefficient (Wildman–Crippen LogP) is 2.45. The number of carbonyl (C=O) groups excluding carboxylic acids is 2. The van der Waals surface area contributed by atoms with Crippen LogP contribution in [0.5, 0.6) is 5.75 Å². The molecule has 0 radical (unpaired) electrons. The molecule has 2 rings (SSSR count). The van der Waals surface area contributed by atoms with Gasteiger partial charge in [0.05, 0.1) is 17.7 Å². The molecule has 1 aromatic carbocycles. The number of nitrogens with one attached hydrogen (secondary N) is 1. The smallest absolute Gasteiger partial charge is 0.344 e. The quantitative estimate of drug-likeness (QED) is 0.480. The first-order chi connectivity index (χ1) is 11.2. The van der Waals surface area contributed by atoms with Crippen LogP contribution in [0.2, 0.25) is 0 Å². The summed E-state index contributed by atoms with van der Waals surface area (Å²) in [5.74, 6) is -0.0992. The molecule has 120 valence electrons. The summed E-state index contributed by atoms with van der Waals surface area (Å²) in [6.07, 6.45) is 1.53. The number of nitrogens with zero attached hydrogens (tertiary/aromatic N) is 1. The first kappa shape index (κ1) is 16.7. The van der Waals surface area contributed by atoms with Gasteiger partial charge in [-0.15, -0.1) is 11.3 Å². The third kappa shape index (κ3) is 5.55. The largest absolute Gasteiger partial charge is 0.482 e. The van der Waals surface area contributed by atoms with Gasteiger partial charge < -0.3 is 9.47 Å². The minimum Gasteiger partial charge on any atom is -0.482 e. The molecular weight excluding hydrogens is 316 g/mol. The first-order valence-corrected chi connectivity index (χ1v) is 7.82. The van der Waals surface area contributed by atoms with E-state index in [9.17, 15) is 9.59 Å². The van der Waals surface area contributed by atoms with Crippen LogP contribution in [0.3, 0.4) is 0 Å². The molecule has 0 saturated carbocycles. The second-order valence-corrected chi connectivity index (χ2v) is 5.29. The Morgan fingerprint density at radius 1 is 1.26 bits per heavy atom. The molecule has 0 fully saturated rings. The lowest BCUT2D eigenvalue weighted by molar-refractivity contribution is -0.145. The van der Waals surface area contributed by atoms with Gasteiger partial charge in [0.15, 0.2) is 6.61 Å². The van der Waals surface area contributed by atoms with Crippen molar-refractivity contribution < 1.29 is 19.1 Å². The van der Waals surface area contributed by atoms with E-state index in [1.807, 2.05) is 5.38 Å². The van der Waals surface area contributed by atoms with Crippen molar-refractivity contribution in [3.05, 3.63) is 52.2 Å². The molecule has 1 heterocycles. The van der Waals surface area contributed by atoms with E-state index < -0.39 is 5.97 Å². The van der Waals surface area contributed by atoms with Crippen LogP contribution < -0.4 is 10.2 Å². The number of hydrazone groups is 1. The van der Waals surface area contributed by atoms with Gasteiger partial charge in [0.25, 0.3) is 5.91 Å². The van der Waals surface area contributed by atoms with Gasteiger partial charge in [-0.05, 0) is 48.2 Å². The lowest BCUT2D eigenvalue weighted by atomic mass is 10.2. The highest BCUT2D eigenvalue weighted by Gasteiger charge is 2.04. The molecule has 6 nitrogen and oxygen atoms in total. The average Bonchev–Trinajstić information content (AvgIpc) is 3.09. The number of amides is 1. The highest BCUT2D eigenvalue weighted by molar-refractivity contribution is 7.12. The zero-order chi connectivity index (χ0) is 16.5. The Balaban J connectivity index is 1.81. The van der Waals surface area contributed by atoms with E-state index in [-0.39, 0.29) is 12.5 Å². The number of esters is 1. The van der Waals surface area contributed by atoms with Gasteiger partial charge >= 0.3 is 5.97 Å². The Bertz CT molecular complexity index is 666. The zero-order valence-electron chi connectivity index (χ0n) is 12.5. The highest BCUT2D eigenvalue weighted by Crippen LogP contribution is 2.11. The van der Waals surface area contributed by atoms with Gasteiger partial charge in [-0.25, -0.2) is 10.2 Å². The van der Waals surface area contributed by atoms with Gasteiger partial charge in [0.2, 0.25) is 0 Å². The van der Waals surface area contributed by atoms with Crippen LogP contribution in [0, 0.1) is 0 Å². The number of hydrogen-bond donors (Lipinski definition) is 1. The van der Waals surface area contributed by atoms with E-state index >= 15 is 0 Å². The third-order valence-electron chi connectivity index (χ3n) is 2.67. The monoisotopic (exact) mass is 332 g/mol. The molecule has 0 aliphatic heterocycles. The maximum absolute atomic E-state index is 11.7. The summed E-state index contributed by atoms with van der Waals surface area (Å²) in [4.78, 5) is 23.5. The Kier molecular flexibility index (Phi) is 6.31. The second-order valence-electron chi connectivity index (χ2n) is 4.34. The highest BCUT2D eigenvalue weighted by atomic mass is 32.1. The fourth-order valence-corrected chi connectivity index (χ4v) is 2.24. The molecule has 0 atom stereocenters. The SMILES string of the molecule is CCOC(=O)COc1ccc(/C=N\NC(=O)c2cccs2)cc1. The average molecular weight is 332 g/mol. The van der Waals surface area contributed by atoms with Crippen LogP contribution in [0.1, 0.15) is 22.2 Å². The van der Waals surface area contributed by atoms with Gasteiger partial charge in [-0.1, -0.05) is 6.07 Å². The summed E-state index contributed by atoms with van der Waals surface area (Å²) in [5.41, 5.74) is 3.24. The molecule has 0 unspecified atom stereocenters. The number of rotatable bonds is 7. The Morgan fingerprint density at radius 2 is 2.04 bits per heavy atom. The van der Waals surface area contributed by atoms with Crippen molar-refractivity contribution in [3.8, 4) is 5.75 Å². The maximum Gasteiger partial charge on any atom is 0.344 e. The fourth-order valence-electron chi connectivity index (χ4n) is 1.62. The molecular formula is C16H16N2O4S. The maximum atomic E-state index is 11.7. The Morgan fingerprint density at radius 3 is 2.70 bits per heavy atom. The lowest BCUT2D eigenvalue weighted by Gasteiger charge is -2.05. The van der Waals surface area contributed by atoms with Crippen molar-refractivity contribution in [2.75, 3.05) is 13.2 Å². The summed E-state index contributed by atoms with van der Waals surface area (Å²) in [5, 5.41) is 5.72. The van der Waals surface area contributed by atoms with Crippen molar-refractivity contribution in [1.29, 1.82) is 0 Å². The number of thiophene rings is 1. The molecule has 0 bridgehead atoms. The van der Waals surface area contributed by atoms with Gasteiger partial charge in [0.1, 0.15) is 5.75 Å². The van der Waals surface area contributed by atoms with E-state index in [1.54, 1.807) is 43.3 Å². The van der Waals surface area contributed by atoms with Crippen LogP contribution in [-0.2, 0) is 9.53 Å². The van der Waals surface area contributed by atoms with E-state index in [4.69, 9.17) is 9.47 Å². The third-order valence-corrected chi connectivity index (χ3v) is 3.54. The van der Waals surface area contributed by atoms with Crippen LogP contribution >= 0.6 is 11.3 Å². The molecule has 7 heteroatoms. The summed E-state index contributed by atoms with van der Waals surface area (Å²) >= 11 is 1.35. The molecule has 0 aliphatic rings. The molecule has 1 aromatic heterocycles. The van der Waals surface area contributed by atoms with Crippen LogP contribution in [0.25, 0.3) is 0 Å². The predicted molar refractivity (Wildman–Crippen MR) is 87.9 cm³/mol. The normalized spacial score (nSPS) is 10.5. The van der Waals surface area contributed by atoms with E-state index in [0.717, 1.165) is 5.56 Å². The summed E-state index contributed by atoms with van der Waals surface area (Å²) in [6, 6.07) is 10.5. The standard InChI is InChI=1S/C16H16N2O4S/c1-2-21-15(19)11-22-13-7-5-12(6-8-13)10-17-18-16(20)14-4-3-9-23-14/h3-10H,2,11H2,1H3,(H,18,20)/b17-10-. The topological polar surface area (TPSA) is 77.0 Å². The molecule has 1 N–H and O–H groups in total. The molecule has 1 amide bonds. The summed E-state index contributed by atoms with van der Waals surface area (Å²) in [6.45, 7) is 1.94. The van der Waals surface area contributed by atoms with Gasteiger partial charge in [0, 0.05) is 0 Å². The van der Waals surface area contributed by atoms with E-state index in [0.29, 0.717) is 17.2 Å². The Hall–Kier alpha value is -2.67. The number of ether oxygens (including phenoxy) is 2. The molecule has 0 saturated heterocycles. The van der Waals surface area contributed by atoms with Crippen LogP contribution in [-0.4, -0.2) is 31.3 Å². The second kappa shape index (κ2) is 8.70. The summed E-state index contributed by atoms with van der Waals surface area (Å²) in [7, 11) is 0. The minimum atomic E-state index is -0.408. The first-order valence-electron chi connectivity index (χ1n) is 6.94. The van der Waals surface area contributed by atoms with Gasteiger partial charge in [-0.3, -0.25) is 4.79 Å². The van der Waals surface area contributed by atoms with E-state index in [1.165, 1.54) is 17.6 Å². The van der Waals surface area contributed by atoms with Crippen molar-refractivity contribution in [3.63, 3.8) is 0 Å². The molecule has 0 aliphatic carbocycles. The van der Waals surface area contributed by atoms with Crippen molar-refractivity contribution in [2.24, 2.45) is 5.10 Å².